The normalized spacial score (nSPS) is 18.9. The lowest BCUT2D eigenvalue weighted by atomic mass is 9.90. The molecule has 0 radical (unpaired) electrons. The third-order valence-electron chi connectivity index (χ3n) is 5.54. The lowest BCUT2D eigenvalue weighted by molar-refractivity contribution is -0.142. The van der Waals surface area contributed by atoms with E-state index < -0.39 is 0 Å². The molecule has 28 heavy (non-hydrogen) atoms. The first-order valence-corrected chi connectivity index (χ1v) is 10.3. The monoisotopic (exact) mass is 385 g/mol. The van der Waals surface area contributed by atoms with Crippen molar-refractivity contribution >= 4 is 29.1 Å². The van der Waals surface area contributed by atoms with Crippen LogP contribution >= 0.6 is 0 Å². The maximum absolute atomic E-state index is 12.7. The van der Waals surface area contributed by atoms with Gasteiger partial charge >= 0.3 is 0 Å². The van der Waals surface area contributed by atoms with Gasteiger partial charge in [0.2, 0.25) is 17.7 Å². The summed E-state index contributed by atoms with van der Waals surface area (Å²) in [5, 5.41) is 3.00. The number of carbonyl (C=O) groups is 3. The number of nitrogens with one attached hydrogen (secondary N) is 1. The zero-order valence-corrected chi connectivity index (χ0v) is 17.2. The molecule has 1 aromatic carbocycles. The van der Waals surface area contributed by atoms with Crippen LogP contribution in [0, 0.1) is 11.3 Å². The Hall–Kier alpha value is -2.37. The molecule has 2 aliphatic heterocycles. The number of amides is 3. The molecule has 0 atom stereocenters. The van der Waals surface area contributed by atoms with Gasteiger partial charge in [-0.15, -0.1) is 0 Å². The Labute approximate surface area is 167 Å². The summed E-state index contributed by atoms with van der Waals surface area (Å²) in [6.07, 6.45) is 3.90. The maximum Gasteiger partial charge on any atom is 0.227 e. The fourth-order valence-corrected chi connectivity index (χ4v) is 3.89. The Bertz CT molecular complexity index is 746. The lowest BCUT2D eigenvalue weighted by Gasteiger charge is -2.35. The van der Waals surface area contributed by atoms with Gasteiger partial charge in [0.05, 0.1) is 0 Å². The summed E-state index contributed by atoms with van der Waals surface area (Å²) >= 11 is 0. The molecule has 0 aliphatic carbocycles. The molecule has 1 aromatic rings. The molecule has 2 fully saturated rings. The highest BCUT2D eigenvalue weighted by Crippen LogP contribution is 2.27. The van der Waals surface area contributed by atoms with Crippen LogP contribution in [0.3, 0.4) is 0 Å². The second-order valence-electron chi connectivity index (χ2n) is 8.86. The standard InChI is InChI=1S/C22H31N3O3/c1-22(2,3)21(28)24-13-10-16(11-14-24)20(27)23-17-7-6-8-18(15-17)25-12-5-4-9-19(25)26/h6-8,15-16H,4-5,9-14H2,1-3H3,(H,23,27). The van der Waals surface area contributed by atoms with Crippen LogP contribution < -0.4 is 10.2 Å². The molecule has 0 aromatic heterocycles. The molecule has 6 nitrogen and oxygen atoms in total. The summed E-state index contributed by atoms with van der Waals surface area (Å²) in [5.41, 5.74) is 1.17. The highest BCUT2D eigenvalue weighted by atomic mass is 16.2. The molecule has 152 valence electrons. The van der Waals surface area contributed by atoms with E-state index in [1.807, 2.05) is 49.9 Å². The SMILES string of the molecule is CC(C)(C)C(=O)N1CCC(C(=O)Nc2cccc(N3CCCCC3=O)c2)CC1. The van der Waals surface area contributed by atoms with Gasteiger partial charge in [-0.1, -0.05) is 26.8 Å². The third kappa shape index (κ3) is 4.72. The fourth-order valence-electron chi connectivity index (χ4n) is 3.89. The molecule has 6 heteroatoms. The first-order chi connectivity index (χ1) is 13.3. The van der Waals surface area contributed by atoms with E-state index in [2.05, 4.69) is 5.32 Å². The number of anilines is 2. The highest BCUT2D eigenvalue weighted by molar-refractivity contribution is 5.96. The van der Waals surface area contributed by atoms with Gasteiger partial charge in [-0.05, 0) is 43.9 Å². The number of hydrogen-bond donors (Lipinski definition) is 1. The average Bonchev–Trinajstić information content (AvgIpc) is 2.67. The van der Waals surface area contributed by atoms with Crippen LogP contribution in [0.5, 0.6) is 0 Å². The van der Waals surface area contributed by atoms with Crippen LogP contribution in [-0.2, 0) is 14.4 Å². The number of nitrogens with zero attached hydrogens (tertiary/aromatic N) is 2. The number of hydrogen-bond acceptors (Lipinski definition) is 3. The van der Waals surface area contributed by atoms with Crippen molar-refractivity contribution in [3.8, 4) is 0 Å². The molecule has 2 aliphatic rings. The number of benzene rings is 1. The second kappa shape index (κ2) is 8.33. The van der Waals surface area contributed by atoms with Crippen LogP contribution in [0.4, 0.5) is 11.4 Å². The number of likely N-dealkylation sites (tertiary alicyclic amines) is 1. The van der Waals surface area contributed by atoms with Gasteiger partial charge in [0, 0.05) is 48.8 Å². The van der Waals surface area contributed by atoms with Gasteiger partial charge in [-0.2, -0.15) is 0 Å². The zero-order valence-electron chi connectivity index (χ0n) is 17.2. The third-order valence-corrected chi connectivity index (χ3v) is 5.54. The van der Waals surface area contributed by atoms with E-state index in [0.29, 0.717) is 38.0 Å². The van der Waals surface area contributed by atoms with E-state index in [9.17, 15) is 14.4 Å². The lowest BCUT2D eigenvalue weighted by Crippen LogP contribution is -2.45. The van der Waals surface area contributed by atoms with E-state index in [1.54, 1.807) is 4.90 Å². The van der Waals surface area contributed by atoms with Crippen molar-refractivity contribution in [2.75, 3.05) is 29.9 Å². The summed E-state index contributed by atoms with van der Waals surface area (Å²) < 4.78 is 0. The Morgan fingerprint density at radius 2 is 1.79 bits per heavy atom. The average molecular weight is 386 g/mol. The van der Waals surface area contributed by atoms with Gasteiger partial charge in [0.1, 0.15) is 0 Å². The summed E-state index contributed by atoms with van der Waals surface area (Å²) in [4.78, 5) is 40.9. The van der Waals surface area contributed by atoms with Crippen LogP contribution in [0.1, 0.15) is 52.9 Å². The molecule has 2 saturated heterocycles. The van der Waals surface area contributed by atoms with Crippen molar-refractivity contribution in [2.45, 2.75) is 52.9 Å². The first-order valence-electron chi connectivity index (χ1n) is 10.3. The Kier molecular flexibility index (Phi) is 6.06. The number of rotatable bonds is 3. The zero-order chi connectivity index (χ0) is 20.3. The molecule has 2 heterocycles. The van der Waals surface area contributed by atoms with Crippen LogP contribution in [-0.4, -0.2) is 42.3 Å². The quantitative estimate of drug-likeness (QED) is 0.867. The van der Waals surface area contributed by atoms with Gasteiger partial charge in [-0.25, -0.2) is 0 Å². The van der Waals surface area contributed by atoms with Gasteiger partial charge in [0.15, 0.2) is 0 Å². The van der Waals surface area contributed by atoms with Crippen molar-refractivity contribution in [3.63, 3.8) is 0 Å². The largest absolute Gasteiger partial charge is 0.342 e. The summed E-state index contributed by atoms with van der Waals surface area (Å²) in [6, 6.07) is 7.51. The molecule has 0 spiro atoms. The van der Waals surface area contributed by atoms with Crippen LogP contribution in [0.15, 0.2) is 24.3 Å². The number of carbonyl (C=O) groups excluding carboxylic acids is 3. The smallest absolute Gasteiger partial charge is 0.227 e. The highest BCUT2D eigenvalue weighted by Gasteiger charge is 2.32. The van der Waals surface area contributed by atoms with Gasteiger partial charge in [0.25, 0.3) is 0 Å². The van der Waals surface area contributed by atoms with Crippen LogP contribution in [0.2, 0.25) is 0 Å². The van der Waals surface area contributed by atoms with E-state index in [4.69, 9.17) is 0 Å². The van der Waals surface area contributed by atoms with Crippen molar-refractivity contribution in [1.82, 2.24) is 4.90 Å². The summed E-state index contributed by atoms with van der Waals surface area (Å²) in [5.74, 6) is 0.185. The van der Waals surface area contributed by atoms with E-state index in [0.717, 1.165) is 25.1 Å². The molecule has 0 bridgehead atoms. The minimum atomic E-state index is -0.387. The van der Waals surface area contributed by atoms with Gasteiger partial charge in [-0.3, -0.25) is 14.4 Å². The van der Waals surface area contributed by atoms with E-state index in [1.165, 1.54) is 0 Å². The Morgan fingerprint density at radius 1 is 1.07 bits per heavy atom. The molecule has 3 rings (SSSR count). The molecular weight excluding hydrogens is 354 g/mol. The van der Waals surface area contributed by atoms with Crippen molar-refractivity contribution in [1.29, 1.82) is 0 Å². The Balaban J connectivity index is 1.58. The molecule has 0 saturated carbocycles. The molecule has 1 N–H and O–H groups in total. The maximum atomic E-state index is 12.7. The fraction of sp³-hybridized carbons (Fsp3) is 0.591. The predicted molar refractivity (Wildman–Crippen MR) is 110 cm³/mol. The van der Waals surface area contributed by atoms with Gasteiger partial charge < -0.3 is 15.1 Å². The van der Waals surface area contributed by atoms with Crippen molar-refractivity contribution in [3.05, 3.63) is 24.3 Å². The number of piperidine rings is 2. The van der Waals surface area contributed by atoms with E-state index >= 15 is 0 Å². The van der Waals surface area contributed by atoms with Crippen molar-refractivity contribution < 1.29 is 14.4 Å². The first kappa shape index (κ1) is 20.4. The van der Waals surface area contributed by atoms with Crippen molar-refractivity contribution in [2.24, 2.45) is 11.3 Å². The molecule has 0 unspecified atom stereocenters. The second-order valence-corrected chi connectivity index (χ2v) is 8.86. The molecule has 3 amide bonds. The predicted octanol–water partition coefficient (Wildman–Crippen LogP) is 3.43. The minimum absolute atomic E-state index is 0.00928. The Morgan fingerprint density at radius 3 is 2.43 bits per heavy atom. The van der Waals surface area contributed by atoms with E-state index in [-0.39, 0.29) is 29.1 Å². The summed E-state index contributed by atoms with van der Waals surface area (Å²) in [6.45, 7) is 7.75. The minimum Gasteiger partial charge on any atom is -0.342 e. The summed E-state index contributed by atoms with van der Waals surface area (Å²) in [7, 11) is 0. The topological polar surface area (TPSA) is 69.7 Å². The van der Waals surface area contributed by atoms with Crippen LogP contribution in [0.25, 0.3) is 0 Å². The molecular formula is C22H31N3O3.